The average molecular weight is 420 g/mol. The zero-order valence-corrected chi connectivity index (χ0v) is 18.0. The van der Waals surface area contributed by atoms with E-state index in [-0.39, 0.29) is 6.10 Å². The molecule has 4 rings (SSSR count). The Morgan fingerprint density at radius 3 is 2.81 bits per heavy atom. The molecule has 1 saturated carbocycles. The molecule has 1 aliphatic heterocycles. The van der Waals surface area contributed by atoms with Crippen molar-refractivity contribution in [2.75, 3.05) is 30.3 Å². The van der Waals surface area contributed by atoms with Gasteiger partial charge in [-0.2, -0.15) is 0 Å². The first-order valence-corrected chi connectivity index (χ1v) is 10.7. The predicted molar refractivity (Wildman–Crippen MR) is 125 cm³/mol. The first-order chi connectivity index (χ1) is 14.9. The number of aliphatic imine (C=N–C) groups is 1. The summed E-state index contributed by atoms with van der Waals surface area (Å²) in [5.74, 6) is 3.06. The van der Waals surface area contributed by atoms with Crippen LogP contribution in [-0.2, 0) is 0 Å². The summed E-state index contributed by atoms with van der Waals surface area (Å²) in [4.78, 5) is 11.1. The van der Waals surface area contributed by atoms with Crippen molar-refractivity contribution in [3.8, 4) is 5.75 Å². The third kappa shape index (κ3) is 5.02. The maximum absolute atomic E-state index is 8.74. The number of rotatable bonds is 6. The van der Waals surface area contributed by atoms with Gasteiger partial charge in [-0.25, -0.2) is 9.98 Å². The molecule has 0 bridgehead atoms. The summed E-state index contributed by atoms with van der Waals surface area (Å²) in [6, 6.07) is 9.15. The molecule has 8 heteroatoms. The second-order valence-corrected chi connectivity index (χ2v) is 8.26. The van der Waals surface area contributed by atoms with Crippen LogP contribution in [0.4, 0.5) is 11.5 Å². The Kier molecular flexibility index (Phi) is 5.88. The molecule has 1 aromatic carbocycles. The van der Waals surface area contributed by atoms with Gasteiger partial charge in [-0.3, -0.25) is 10.8 Å². The van der Waals surface area contributed by atoms with Crippen molar-refractivity contribution < 1.29 is 4.74 Å². The van der Waals surface area contributed by atoms with Gasteiger partial charge >= 0.3 is 0 Å². The quantitative estimate of drug-likeness (QED) is 0.325. The number of hydrogen-bond donors (Lipinski definition) is 4. The van der Waals surface area contributed by atoms with Crippen molar-refractivity contribution in [1.29, 1.82) is 10.8 Å². The molecule has 162 valence electrons. The molecule has 0 amide bonds. The summed E-state index contributed by atoms with van der Waals surface area (Å²) in [5, 5.41) is 20.1. The third-order valence-electron chi connectivity index (χ3n) is 5.29. The first-order valence-electron chi connectivity index (χ1n) is 10.7. The van der Waals surface area contributed by atoms with Gasteiger partial charge in [-0.05, 0) is 57.0 Å². The Morgan fingerprint density at radius 2 is 2.06 bits per heavy atom. The van der Waals surface area contributed by atoms with Crippen LogP contribution in [0.1, 0.15) is 37.8 Å². The predicted octanol–water partition coefficient (Wildman–Crippen LogP) is 3.06. The molecule has 0 unspecified atom stereocenters. The summed E-state index contributed by atoms with van der Waals surface area (Å²) in [5.41, 5.74) is 8.40. The van der Waals surface area contributed by atoms with Crippen LogP contribution in [0.2, 0.25) is 0 Å². The molecule has 0 spiro atoms. The Morgan fingerprint density at radius 1 is 1.26 bits per heavy atom. The molecular formula is C23H29N7O. The second kappa shape index (κ2) is 8.75. The molecule has 8 nitrogen and oxygen atoms in total. The van der Waals surface area contributed by atoms with Crippen molar-refractivity contribution in [2.24, 2.45) is 10.9 Å². The lowest BCUT2D eigenvalue weighted by atomic mass is 10.0. The Hall–Kier alpha value is -3.42. The van der Waals surface area contributed by atoms with Crippen LogP contribution in [0.25, 0.3) is 0 Å². The SMILES string of the molecule is CC(C)Oc1ccc(N)c(C(=N)c2ccnc(N3CCN/C(=N\C(=N)C4CC4)C3)c2)c1. The van der Waals surface area contributed by atoms with Crippen LogP contribution >= 0.6 is 0 Å². The zero-order chi connectivity index (χ0) is 22.0. The summed E-state index contributed by atoms with van der Waals surface area (Å²) in [7, 11) is 0. The van der Waals surface area contributed by atoms with E-state index < -0.39 is 0 Å². The number of aromatic nitrogens is 1. The molecule has 2 aromatic rings. The highest BCUT2D eigenvalue weighted by atomic mass is 16.5. The fourth-order valence-electron chi connectivity index (χ4n) is 3.51. The number of piperazine rings is 1. The third-order valence-corrected chi connectivity index (χ3v) is 5.29. The maximum atomic E-state index is 8.74. The summed E-state index contributed by atoms with van der Waals surface area (Å²) < 4.78 is 5.77. The van der Waals surface area contributed by atoms with Gasteiger partial charge in [0.1, 0.15) is 23.2 Å². The highest BCUT2D eigenvalue weighted by molar-refractivity contribution is 6.14. The second-order valence-electron chi connectivity index (χ2n) is 8.26. The average Bonchev–Trinajstić information content (AvgIpc) is 3.60. The van der Waals surface area contributed by atoms with Crippen LogP contribution in [0, 0.1) is 16.7 Å². The Labute approximate surface area is 182 Å². The topological polar surface area (TPSA) is 123 Å². The lowest BCUT2D eigenvalue weighted by Crippen LogP contribution is -2.48. The van der Waals surface area contributed by atoms with Crippen molar-refractivity contribution in [3.05, 3.63) is 47.7 Å². The van der Waals surface area contributed by atoms with E-state index in [2.05, 4.69) is 20.2 Å². The van der Waals surface area contributed by atoms with Gasteiger partial charge in [0.2, 0.25) is 0 Å². The standard InChI is InChI=1S/C23H29N7O/c1-14(2)31-17-5-6-19(24)18(12-17)22(25)16-7-8-28-21(11-16)30-10-9-27-20(13-30)29-23(26)15-3-4-15/h5-8,11-12,14-15,25H,3-4,9-10,13,24H2,1-2H3,(H2,26,27,29). The number of nitrogens with one attached hydrogen (secondary N) is 3. The molecule has 5 N–H and O–H groups in total. The summed E-state index contributed by atoms with van der Waals surface area (Å²) in [6.07, 6.45) is 3.90. The molecular weight excluding hydrogens is 390 g/mol. The van der Waals surface area contributed by atoms with E-state index >= 15 is 0 Å². The van der Waals surface area contributed by atoms with Gasteiger partial charge in [-0.1, -0.05) is 0 Å². The normalized spacial score (nSPS) is 17.5. The van der Waals surface area contributed by atoms with E-state index in [1.165, 1.54) is 0 Å². The number of nitrogens with zero attached hydrogens (tertiary/aromatic N) is 3. The van der Waals surface area contributed by atoms with Crippen molar-refractivity contribution in [2.45, 2.75) is 32.8 Å². The number of nitrogen functional groups attached to an aromatic ring is 1. The van der Waals surface area contributed by atoms with Crippen LogP contribution in [0.5, 0.6) is 5.75 Å². The van der Waals surface area contributed by atoms with Crippen LogP contribution in [0.3, 0.4) is 0 Å². The molecule has 2 fully saturated rings. The molecule has 2 heterocycles. The van der Waals surface area contributed by atoms with Crippen molar-refractivity contribution in [3.63, 3.8) is 0 Å². The Bertz CT molecular complexity index is 1030. The van der Waals surface area contributed by atoms with Gasteiger partial charge in [0.15, 0.2) is 0 Å². The van der Waals surface area contributed by atoms with Crippen LogP contribution < -0.4 is 20.7 Å². The van der Waals surface area contributed by atoms with Gasteiger partial charge < -0.3 is 20.7 Å². The van der Waals surface area contributed by atoms with Gasteiger partial charge in [-0.15, -0.1) is 0 Å². The number of amidine groups is 2. The van der Waals surface area contributed by atoms with E-state index in [0.717, 1.165) is 43.1 Å². The number of benzene rings is 1. The molecule has 1 aromatic heterocycles. The molecule has 1 saturated heterocycles. The first kappa shape index (κ1) is 20.8. The monoisotopic (exact) mass is 419 g/mol. The summed E-state index contributed by atoms with van der Waals surface area (Å²) in [6.45, 7) is 6.01. The fraction of sp³-hybridized carbons (Fsp3) is 0.391. The highest BCUT2D eigenvalue weighted by Gasteiger charge is 2.27. The fourth-order valence-corrected chi connectivity index (χ4v) is 3.51. The van der Waals surface area contributed by atoms with E-state index in [0.29, 0.717) is 41.0 Å². The van der Waals surface area contributed by atoms with E-state index in [1.54, 1.807) is 12.3 Å². The molecule has 0 atom stereocenters. The smallest absolute Gasteiger partial charge is 0.129 e. The van der Waals surface area contributed by atoms with Crippen molar-refractivity contribution in [1.82, 2.24) is 10.3 Å². The number of hydrogen-bond acceptors (Lipinski definition) is 6. The van der Waals surface area contributed by atoms with Gasteiger partial charge in [0, 0.05) is 42.0 Å². The minimum atomic E-state index is 0.0446. The molecule has 1 aliphatic carbocycles. The number of pyridine rings is 1. The number of nitrogens with two attached hydrogens (primary N) is 1. The Balaban J connectivity index is 1.54. The van der Waals surface area contributed by atoms with Crippen LogP contribution in [0.15, 0.2) is 41.5 Å². The van der Waals surface area contributed by atoms with E-state index in [4.69, 9.17) is 21.3 Å². The van der Waals surface area contributed by atoms with Crippen molar-refractivity contribution >= 4 is 28.9 Å². The van der Waals surface area contributed by atoms with E-state index in [9.17, 15) is 0 Å². The lowest BCUT2D eigenvalue weighted by molar-refractivity contribution is 0.242. The lowest BCUT2D eigenvalue weighted by Gasteiger charge is -2.30. The van der Waals surface area contributed by atoms with Gasteiger partial charge in [0.25, 0.3) is 0 Å². The minimum absolute atomic E-state index is 0.0446. The van der Waals surface area contributed by atoms with E-state index in [1.807, 2.05) is 38.1 Å². The molecule has 2 aliphatic rings. The molecule has 31 heavy (non-hydrogen) atoms. The summed E-state index contributed by atoms with van der Waals surface area (Å²) >= 11 is 0. The molecule has 0 radical (unpaired) electrons. The minimum Gasteiger partial charge on any atom is -0.491 e. The number of ether oxygens (including phenoxy) is 1. The highest BCUT2D eigenvalue weighted by Crippen LogP contribution is 2.30. The zero-order valence-electron chi connectivity index (χ0n) is 18.0. The largest absolute Gasteiger partial charge is 0.491 e. The maximum Gasteiger partial charge on any atom is 0.129 e. The van der Waals surface area contributed by atoms with Crippen LogP contribution in [-0.4, -0.2) is 48.1 Å². The number of anilines is 2. The van der Waals surface area contributed by atoms with Gasteiger partial charge in [0.05, 0.1) is 18.4 Å².